The van der Waals surface area contributed by atoms with Crippen molar-refractivity contribution in [3.63, 3.8) is 0 Å². The number of carbonyl (C=O) groups excluding carboxylic acids is 1. The number of aryl methyl sites for hydroxylation is 1. The van der Waals surface area contributed by atoms with Gasteiger partial charge in [-0.1, -0.05) is 23.2 Å². The minimum atomic E-state index is -0.262. The van der Waals surface area contributed by atoms with E-state index in [9.17, 15) is 4.79 Å². The van der Waals surface area contributed by atoms with Gasteiger partial charge in [-0.05, 0) is 31.5 Å². The molecule has 6 nitrogen and oxygen atoms in total. The van der Waals surface area contributed by atoms with Crippen LogP contribution in [0.25, 0.3) is 0 Å². The van der Waals surface area contributed by atoms with Gasteiger partial charge in [-0.2, -0.15) is 0 Å². The van der Waals surface area contributed by atoms with Crippen molar-refractivity contribution in [2.75, 3.05) is 25.6 Å². The molecular formula is C16H18Cl2N4O2. The van der Waals surface area contributed by atoms with Crippen molar-refractivity contribution in [1.82, 2.24) is 15.3 Å². The summed E-state index contributed by atoms with van der Waals surface area (Å²) in [4.78, 5) is 20.6. The highest BCUT2D eigenvalue weighted by Gasteiger charge is 2.11. The molecule has 0 atom stereocenters. The van der Waals surface area contributed by atoms with E-state index in [1.165, 1.54) is 0 Å². The van der Waals surface area contributed by atoms with Crippen LogP contribution in [0.15, 0.2) is 24.3 Å². The van der Waals surface area contributed by atoms with Crippen molar-refractivity contribution in [2.24, 2.45) is 0 Å². The molecule has 1 amide bonds. The Morgan fingerprint density at radius 1 is 1.25 bits per heavy atom. The summed E-state index contributed by atoms with van der Waals surface area (Å²) in [6.45, 7) is 2.82. The van der Waals surface area contributed by atoms with Crippen LogP contribution in [0.4, 0.5) is 11.5 Å². The molecule has 2 aromatic rings. The Hall–Kier alpha value is -1.89. The second kappa shape index (κ2) is 8.82. The predicted molar refractivity (Wildman–Crippen MR) is 95.3 cm³/mol. The molecule has 0 spiro atoms. The van der Waals surface area contributed by atoms with E-state index in [0.717, 1.165) is 6.42 Å². The van der Waals surface area contributed by atoms with E-state index in [-0.39, 0.29) is 11.6 Å². The lowest BCUT2D eigenvalue weighted by Crippen LogP contribution is -2.26. The topological polar surface area (TPSA) is 76.1 Å². The smallest absolute Gasteiger partial charge is 0.270 e. The molecule has 2 N–H and O–H groups in total. The molecule has 1 aromatic carbocycles. The molecule has 0 unspecified atom stereocenters. The van der Waals surface area contributed by atoms with Crippen LogP contribution >= 0.6 is 23.2 Å². The maximum atomic E-state index is 12.2. The molecule has 8 heteroatoms. The third-order valence-electron chi connectivity index (χ3n) is 3.08. The third kappa shape index (κ3) is 5.33. The fourth-order valence-electron chi connectivity index (χ4n) is 1.99. The number of rotatable bonds is 7. The minimum absolute atomic E-state index is 0.262. The van der Waals surface area contributed by atoms with Crippen molar-refractivity contribution < 1.29 is 9.53 Å². The molecule has 128 valence electrons. The Kier molecular flexibility index (Phi) is 6.78. The van der Waals surface area contributed by atoms with Gasteiger partial charge in [-0.15, -0.1) is 0 Å². The van der Waals surface area contributed by atoms with E-state index >= 15 is 0 Å². The number of anilines is 2. The fourth-order valence-corrected chi connectivity index (χ4v) is 2.44. The standard InChI is InChI=1S/C16H18Cl2N4O2/c1-10-20-14(16(23)19-6-3-7-24-2)9-15(21-10)22-13-5-4-11(17)8-12(13)18/h4-5,8-9H,3,6-7H2,1-2H3,(H,19,23)(H,20,21,22). The van der Waals surface area contributed by atoms with Crippen LogP contribution in [0, 0.1) is 6.92 Å². The maximum Gasteiger partial charge on any atom is 0.270 e. The summed E-state index contributed by atoms with van der Waals surface area (Å²) in [6.07, 6.45) is 0.734. The molecule has 0 aliphatic heterocycles. The van der Waals surface area contributed by atoms with Gasteiger partial charge in [0.1, 0.15) is 17.3 Å². The molecule has 1 aromatic heterocycles. The number of methoxy groups -OCH3 is 1. The zero-order chi connectivity index (χ0) is 17.5. The van der Waals surface area contributed by atoms with Gasteiger partial charge in [0, 0.05) is 31.4 Å². The van der Waals surface area contributed by atoms with Gasteiger partial charge >= 0.3 is 0 Å². The van der Waals surface area contributed by atoms with Crippen molar-refractivity contribution >= 4 is 40.6 Å². The molecule has 0 saturated carbocycles. The first-order valence-electron chi connectivity index (χ1n) is 7.34. The van der Waals surface area contributed by atoms with Crippen molar-refractivity contribution in [2.45, 2.75) is 13.3 Å². The van der Waals surface area contributed by atoms with Gasteiger partial charge in [0.2, 0.25) is 0 Å². The molecule has 0 aliphatic rings. The molecule has 0 saturated heterocycles. The number of benzene rings is 1. The Balaban J connectivity index is 2.11. The van der Waals surface area contributed by atoms with Gasteiger partial charge in [0.05, 0.1) is 10.7 Å². The number of nitrogens with one attached hydrogen (secondary N) is 2. The highest BCUT2D eigenvalue weighted by molar-refractivity contribution is 6.36. The molecule has 1 heterocycles. The second-order valence-corrected chi connectivity index (χ2v) is 5.88. The predicted octanol–water partition coefficient (Wildman–Crippen LogP) is 3.60. The molecule has 0 aliphatic carbocycles. The largest absolute Gasteiger partial charge is 0.385 e. The normalized spacial score (nSPS) is 10.5. The lowest BCUT2D eigenvalue weighted by atomic mass is 10.3. The number of amides is 1. The summed E-state index contributed by atoms with van der Waals surface area (Å²) in [5.74, 6) is 0.697. The van der Waals surface area contributed by atoms with Gasteiger partial charge in [-0.25, -0.2) is 9.97 Å². The van der Waals surface area contributed by atoms with Crippen molar-refractivity contribution in [3.05, 3.63) is 45.8 Å². The Labute approximate surface area is 150 Å². The van der Waals surface area contributed by atoms with Gasteiger partial charge in [0.15, 0.2) is 0 Å². The summed E-state index contributed by atoms with van der Waals surface area (Å²) < 4.78 is 4.94. The highest BCUT2D eigenvalue weighted by Crippen LogP contribution is 2.27. The Morgan fingerprint density at radius 2 is 2.04 bits per heavy atom. The summed E-state index contributed by atoms with van der Waals surface area (Å²) in [5, 5.41) is 6.87. The molecular weight excluding hydrogens is 351 g/mol. The number of hydrogen-bond donors (Lipinski definition) is 2. The fraction of sp³-hybridized carbons (Fsp3) is 0.312. The van der Waals surface area contributed by atoms with Crippen LogP contribution < -0.4 is 10.6 Å². The number of ether oxygens (including phenoxy) is 1. The summed E-state index contributed by atoms with van der Waals surface area (Å²) in [7, 11) is 1.62. The number of aromatic nitrogens is 2. The first-order chi connectivity index (χ1) is 11.5. The summed E-state index contributed by atoms with van der Waals surface area (Å²) >= 11 is 12.0. The van der Waals surface area contributed by atoms with Crippen LogP contribution in [0.2, 0.25) is 10.0 Å². The SMILES string of the molecule is COCCCNC(=O)c1cc(Nc2ccc(Cl)cc2Cl)nc(C)n1. The lowest BCUT2D eigenvalue weighted by molar-refractivity contribution is 0.0943. The molecule has 0 fully saturated rings. The molecule has 0 bridgehead atoms. The monoisotopic (exact) mass is 368 g/mol. The maximum absolute atomic E-state index is 12.2. The van der Waals surface area contributed by atoms with E-state index in [4.69, 9.17) is 27.9 Å². The van der Waals surface area contributed by atoms with E-state index in [1.807, 2.05) is 0 Å². The number of halogens is 2. The van der Waals surface area contributed by atoms with Gasteiger partial charge in [0.25, 0.3) is 5.91 Å². The zero-order valence-corrected chi connectivity index (χ0v) is 14.9. The molecule has 0 radical (unpaired) electrons. The van der Waals surface area contributed by atoms with E-state index in [0.29, 0.717) is 40.5 Å². The van der Waals surface area contributed by atoms with Crippen LogP contribution in [0.1, 0.15) is 22.7 Å². The van der Waals surface area contributed by atoms with E-state index in [1.54, 1.807) is 38.3 Å². The van der Waals surface area contributed by atoms with Crippen molar-refractivity contribution in [1.29, 1.82) is 0 Å². The van der Waals surface area contributed by atoms with Crippen LogP contribution in [0.5, 0.6) is 0 Å². The number of carbonyl (C=O) groups is 1. The first-order valence-corrected chi connectivity index (χ1v) is 8.10. The quantitative estimate of drug-likeness (QED) is 0.730. The van der Waals surface area contributed by atoms with E-state index in [2.05, 4.69) is 20.6 Å². The Morgan fingerprint density at radius 3 is 2.75 bits per heavy atom. The summed E-state index contributed by atoms with van der Waals surface area (Å²) in [6, 6.07) is 6.66. The van der Waals surface area contributed by atoms with Crippen LogP contribution in [0.3, 0.4) is 0 Å². The molecule has 24 heavy (non-hydrogen) atoms. The van der Waals surface area contributed by atoms with Crippen LogP contribution in [-0.4, -0.2) is 36.1 Å². The number of hydrogen-bond acceptors (Lipinski definition) is 5. The molecule has 2 rings (SSSR count). The second-order valence-electron chi connectivity index (χ2n) is 5.04. The number of nitrogens with zero attached hydrogens (tertiary/aromatic N) is 2. The van der Waals surface area contributed by atoms with Crippen LogP contribution in [-0.2, 0) is 4.74 Å². The first kappa shape index (κ1) is 18.4. The van der Waals surface area contributed by atoms with Crippen molar-refractivity contribution in [3.8, 4) is 0 Å². The highest BCUT2D eigenvalue weighted by atomic mass is 35.5. The lowest BCUT2D eigenvalue weighted by Gasteiger charge is -2.10. The van der Waals surface area contributed by atoms with E-state index < -0.39 is 0 Å². The van der Waals surface area contributed by atoms with Gasteiger partial charge in [-0.3, -0.25) is 4.79 Å². The van der Waals surface area contributed by atoms with Gasteiger partial charge < -0.3 is 15.4 Å². The third-order valence-corrected chi connectivity index (χ3v) is 3.62. The average molecular weight is 369 g/mol. The summed E-state index contributed by atoms with van der Waals surface area (Å²) in [5.41, 5.74) is 0.929. The Bertz CT molecular complexity index is 725. The zero-order valence-electron chi connectivity index (χ0n) is 13.4. The minimum Gasteiger partial charge on any atom is -0.385 e. The average Bonchev–Trinajstić information content (AvgIpc) is 2.53.